The van der Waals surface area contributed by atoms with Crippen molar-refractivity contribution in [2.24, 2.45) is 22.6 Å². The average molecular weight is 295 g/mol. The molecule has 2 heterocycles. The Labute approximate surface area is 127 Å². The number of likely N-dealkylation sites (tertiary alicyclic amines) is 2. The van der Waals surface area contributed by atoms with Crippen LogP contribution in [-0.4, -0.2) is 68.5 Å². The van der Waals surface area contributed by atoms with Crippen molar-refractivity contribution >= 4 is 11.9 Å². The first-order valence-corrected chi connectivity index (χ1v) is 8.01. The van der Waals surface area contributed by atoms with E-state index in [1.807, 2.05) is 7.05 Å². The number of rotatable bonds is 4. The van der Waals surface area contributed by atoms with E-state index in [9.17, 15) is 4.79 Å². The Hall–Kier alpha value is -1.30. The van der Waals surface area contributed by atoms with Crippen LogP contribution in [0.5, 0.6) is 0 Å². The molecule has 0 saturated carbocycles. The Morgan fingerprint density at radius 1 is 1.29 bits per heavy atom. The van der Waals surface area contributed by atoms with Crippen molar-refractivity contribution in [3.63, 3.8) is 0 Å². The summed E-state index contributed by atoms with van der Waals surface area (Å²) in [4.78, 5) is 20.2. The van der Waals surface area contributed by atoms with Crippen LogP contribution in [0.25, 0.3) is 0 Å². The lowest BCUT2D eigenvalue weighted by atomic mass is 9.95. The SMILES string of the molecule is CN=C(NCC1CCN(C)C1)N1CCCC(CC(N)=O)C1. The van der Waals surface area contributed by atoms with Gasteiger partial charge in [-0.2, -0.15) is 0 Å². The molecule has 0 spiro atoms. The predicted octanol–water partition coefficient (Wildman–Crippen LogP) is 0.101. The van der Waals surface area contributed by atoms with Crippen LogP contribution < -0.4 is 11.1 Å². The summed E-state index contributed by atoms with van der Waals surface area (Å²) in [6, 6.07) is 0. The van der Waals surface area contributed by atoms with Gasteiger partial charge in [-0.05, 0) is 44.7 Å². The van der Waals surface area contributed by atoms with Crippen molar-refractivity contribution in [2.75, 3.05) is 46.8 Å². The molecule has 120 valence electrons. The van der Waals surface area contributed by atoms with Gasteiger partial charge >= 0.3 is 0 Å². The number of nitrogens with one attached hydrogen (secondary N) is 1. The van der Waals surface area contributed by atoms with E-state index in [-0.39, 0.29) is 5.91 Å². The molecule has 2 unspecified atom stereocenters. The molecule has 0 aromatic heterocycles. The molecule has 21 heavy (non-hydrogen) atoms. The Morgan fingerprint density at radius 2 is 2.10 bits per heavy atom. The zero-order valence-electron chi connectivity index (χ0n) is 13.3. The van der Waals surface area contributed by atoms with E-state index in [1.54, 1.807) is 0 Å². The molecule has 3 N–H and O–H groups in total. The predicted molar refractivity (Wildman–Crippen MR) is 85.1 cm³/mol. The van der Waals surface area contributed by atoms with Crippen LogP contribution in [0.15, 0.2) is 4.99 Å². The number of hydrogen-bond acceptors (Lipinski definition) is 3. The Kier molecular flexibility index (Phi) is 5.85. The number of carbonyl (C=O) groups is 1. The molecule has 1 amide bonds. The molecule has 2 fully saturated rings. The van der Waals surface area contributed by atoms with Gasteiger partial charge in [0.05, 0.1) is 0 Å². The monoisotopic (exact) mass is 295 g/mol. The second-order valence-corrected chi connectivity index (χ2v) is 6.47. The van der Waals surface area contributed by atoms with Crippen molar-refractivity contribution in [3.05, 3.63) is 0 Å². The summed E-state index contributed by atoms with van der Waals surface area (Å²) < 4.78 is 0. The zero-order chi connectivity index (χ0) is 15.2. The fraction of sp³-hybridized carbons (Fsp3) is 0.867. The number of nitrogens with two attached hydrogens (primary N) is 1. The first kappa shape index (κ1) is 16.1. The van der Waals surface area contributed by atoms with E-state index in [0.717, 1.165) is 45.0 Å². The van der Waals surface area contributed by atoms with E-state index in [1.165, 1.54) is 13.0 Å². The van der Waals surface area contributed by atoms with E-state index >= 15 is 0 Å². The molecular formula is C15H29N5O. The van der Waals surface area contributed by atoms with Gasteiger partial charge < -0.3 is 20.9 Å². The number of aliphatic imine (C=N–C) groups is 1. The summed E-state index contributed by atoms with van der Waals surface area (Å²) >= 11 is 0. The molecule has 2 aliphatic heterocycles. The van der Waals surface area contributed by atoms with Gasteiger partial charge in [-0.15, -0.1) is 0 Å². The Balaban J connectivity index is 1.81. The number of hydrogen-bond donors (Lipinski definition) is 2. The minimum Gasteiger partial charge on any atom is -0.370 e. The number of guanidine groups is 1. The van der Waals surface area contributed by atoms with Crippen molar-refractivity contribution < 1.29 is 4.79 Å². The third kappa shape index (κ3) is 4.88. The fourth-order valence-electron chi connectivity index (χ4n) is 3.47. The van der Waals surface area contributed by atoms with Gasteiger partial charge in [0.1, 0.15) is 0 Å². The van der Waals surface area contributed by atoms with Crippen LogP contribution in [0.2, 0.25) is 0 Å². The van der Waals surface area contributed by atoms with Crippen LogP contribution in [0, 0.1) is 11.8 Å². The summed E-state index contributed by atoms with van der Waals surface area (Å²) in [5.41, 5.74) is 5.32. The summed E-state index contributed by atoms with van der Waals surface area (Å²) in [7, 11) is 4.01. The maximum Gasteiger partial charge on any atom is 0.217 e. The van der Waals surface area contributed by atoms with Gasteiger partial charge in [-0.25, -0.2) is 0 Å². The van der Waals surface area contributed by atoms with Crippen molar-refractivity contribution in [1.82, 2.24) is 15.1 Å². The van der Waals surface area contributed by atoms with E-state index < -0.39 is 0 Å². The van der Waals surface area contributed by atoms with Crippen LogP contribution in [0.1, 0.15) is 25.7 Å². The van der Waals surface area contributed by atoms with Gasteiger partial charge in [-0.3, -0.25) is 9.79 Å². The molecule has 2 atom stereocenters. The van der Waals surface area contributed by atoms with E-state index in [0.29, 0.717) is 18.3 Å². The topological polar surface area (TPSA) is 74.0 Å². The quantitative estimate of drug-likeness (QED) is 0.570. The van der Waals surface area contributed by atoms with E-state index in [2.05, 4.69) is 27.2 Å². The molecule has 0 bridgehead atoms. The molecule has 6 heteroatoms. The smallest absolute Gasteiger partial charge is 0.217 e. The van der Waals surface area contributed by atoms with E-state index in [4.69, 9.17) is 5.73 Å². The molecule has 0 aliphatic carbocycles. The maximum atomic E-state index is 11.1. The van der Waals surface area contributed by atoms with Crippen molar-refractivity contribution in [2.45, 2.75) is 25.7 Å². The normalized spacial score (nSPS) is 27.9. The molecule has 0 aromatic rings. The number of piperidine rings is 1. The minimum atomic E-state index is -0.196. The highest BCUT2D eigenvalue weighted by Crippen LogP contribution is 2.19. The Bertz CT molecular complexity index is 384. The summed E-state index contributed by atoms with van der Waals surface area (Å²) in [6.45, 7) is 5.23. The second-order valence-electron chi connectivity index (χ2n) is 6.47. The number of primary amides is 1. The molecular weight excluding hydrogens is 266 g/mol. The number of carbonyl (C=O) groups excluding carboxylic acids is 1. The molecule has 2 saturated heterocycles. The van der Waals surface area contributed by atoms with Crippen LogP contribution in [0.3, 0.4) is 0 Å². The highest BCUT2D eigenvalue weighted by Gasteiger charge is 2.25. The average Bonchev–Trinajstić information content (AvgIpc) is 2.85. The minimum absolute atomic E-state index is 0.196. The lowest BCUT2D eigenvalue weighted by Gasteiger charge is -2.35. The van der Waals surface area contributed by atoms with Crippen molar-refractivity contribution in [1.29, 1.82) is 0 Å². The first-order valence-electron chi connectivity index (χ1n) is 8.01. The van der Waals surface area contributed by atoms with Crippen LogP contribution >= 0.6 is 0 Å². The summed E-state index contributed by atoms with van der Waals surface area (Å²) in [6.07, 6.45) is 3.93. The molecule has 0 radical (unpaired) electrons. The van der Waals surface area contributed by atoms with Crippen molar-refractivity contribution in [3.8, 4) is 0 Å². The lowest BCUT2D eigenvalue weighted by molar-refractivity contribution is -0.119. The molecule has 0 aromatic carbocycles. The van der Waals surface area contributed by atoms with Gasteiger partial charge in [0.15, 0.2) is 5.96 Å². The zero-order valence-corrected chi connectivity index (χ0v) is 13.3. The lowest BCUT2D eigenvalue weighted by Crippen LogP contribution is -2.48. The van der Waals surface area contributed by atoms with Gasteiger partial charge in [0.25, 0.3) is 0 Å². The van der Waals surface area contributed by atoms with Crippen LogP contribution in [-0.2, 0) is 4.79 Å². The largest absolute Gasteiger partial charge is 0.370 e. The second kappa shape index (κ2) is 7.64. The summed E-state index contributed by atoms with van der Waals surface area (Å²) in [5.74, 6) is 1.85. The first-order chi connectivity index (χ1) is 10.1. The number of nitrogens with zero attached hydrogens (tertiary/aromatic N) is 3. The summed E-state index contributed by atoms with van der Waals surface area (Å²) in [5, 5.41) is 3.51. The number of amides is 1. The highest BCUT2D eigenvalue weighted by atomic mass is 16.1. The third-order valence-corrected chi connectivity index (χ3v) is 4.56. The molecule has 6 nitrogen and oxygen atoms in total. The highest BCUT2D eigenvalue weighted by molar-refractivity contribution is 5.80. The van der Waals surface area contributed by atoms with Gasteiger partial charge in [0.2, 0.25) is 5.91 Å². The van der Waals surface area contributed by atoms with Gasteiger partial charge in [-0.1, -0.05) is 0 Å². The Morgan fingerprint density at radius 3 is 2.71 bits per heavy atom. The standard InChI is InChI=1S/C15H29N5O/c1-17-15(18-9-13-5-7-19(2)10-13)20-6-3-4-12(11-20)8-14(16)21/h12-13H,3-11H2,1-2H3,(H2,16,21)(H,17,18). The van der Waals surface area contributed by atoms with Gasteiger partial charge in [0, 0.05) is 39.6 Å². The molecule has 2 rings (SSSR count). The van der Waals surface area contributed by atoms with Crippen LogP contribution in [0.4, 0.5) is 0 Å². The molecule has 2 aliphatic rings. The fourth-order valence-corrected chi connectivity index (χ4v) is 3.47. The maximum absolute atomic E-state index is 11.1. The third-order valence-electron chi connectivity index (χ3n) is 4.56.